The number of methoxy groups -OCH3 is 3. The number of carbonyl (C=O) groups is 1. The van der Waals surface area contributed by atoms with E-state index in [1.807, 2.05) is 0 Å². The first-order chi connectivity index (χ1) is 21.7. The second-order valence-electron chi connectivity index (χ2n) is 11.6. The van der Waals surface area contributed by atoms with Crippen LogP contribution in [0.3, 0.4) is 0 Å². The molecule has 0 saturated carbocycles. The third-order valence-electron chi connectivity index (χ3n) is 8.22. The van der Waals surface area contributed by atoms with Crippen molar-refractivity contribution in [1.29, 1.82) is 0 Å². The second kappa shape index (κ2) is 14.8. The minimum Gasteiger partial charge on any atom is -0.494 e. The van der Waals surface area contributed by atoms with Gasteiger partial charge in [0.15, 0.2) is 11.6 Å². The van der Waals surface area contributed by atoms with Gasteiger partial charge in [-0.15, -0.1) is 0 Å². The van der Waals surface area contributed by atoms with Gasteiger partial charge in [-0.05, 0) is 42.3 Å². The minimum absolute atomic E-state index is 0.00339. The van der Waals surface area contributed by atoms with E-state index < -0.39 is 52.4 Å². The topological polar surface area (TPSA) is 63.7 Å². The highest BCUT2D eigenvalue weighted by Gasteiger charge is 2.40. The lowest BCUT2D eigenvalue weighted by Gasteiger charge is -2.44. The van der Waals surface area contributed by atoms with Crippen molar-refractivity contribution in [2.75, 3.05) is 87.0 Å². The number of ether oxygens (including phenoxy) is 4. The van der Waals surface area contributed by atoms with Crippen LogP contribution in [0.2, 0.25) is 0 Å². The number of benzene rings is 2. The van der Waals surface area contributed by atoms with Gasteiger partial charge in [0.05, 0.1) is 38.1 Å². The van der Waals surface area contributed by atoms with E-state index in [2.05, 4.69) is 9.80 Å². The van der Waals surface area contributed by atoms with Gasteiger partial charge in [-0.25, -0.2) is 4.39 Å². The average Bonchev–Trinajstić information content (AvgIpc) is 3.00. The minimum atomic E-state index is -5.09. The summed E-state index contributed by atoms with van der Waals surface area (Å²) in [5.41, 5.74) is -3.88. The first kappa shape index (κ1) is 35.9. The Kier molecular flexibility index (Phi) is 11.6. The summed E-state index contributed by atoms with van der Waals surface area (Å²) in [6.45, 7) is 4.26. The normalized spacial score (nSPS) is 19.8. The Bertz CT molecular complexity index is 1300. The Hall–Kier alpha value is -2.98. The summed E-state index contributed by atoms with van der Waals surface area (Å²) in [7, 11) is 4.47. The van der Waals surface area contributed by atoms with Gasteiger partial charge < -0.3 is 23.8 Å². The third kappa shape index (κ3) is 8.88. The quantitative estimate of drug-likeness (QED) is 0.325. The second-order valence-corrected chi connectivity index (χ2v) is 11.6. The molecule has 0 radical (unpaired) electrons. The maximum absolute atomic E-state index is 14.1. The Labute approximate surface area is 262 Å². The molecule has 256 valence electrons. The zero-order valence-corrected chi connectivity index (χ0v) is 25.8. The maximum atomic E-state index is 14.1. The van der Waals surface area contributed by atoms with Crippen molar-refractivity contribution in [3.8, 4) is 5.75 Å². The molecule has 2 fully saturated rings. The highest BCUT2D eigenvalue weighted by Crippen LogP contribution is 2.37. The number of alkyl halides is 6. The van der Waals surface area contributed by atoms with Crippen molar-refractivity contribution in [1.82, 2.24) is 14.7 Å². The molecule has 0 aliphatic carbocycles. The predicted molar refractivity (Wildman–Crippen MR) is 153 cm³/mol. The van der Waals surface area contributed by atoms with Crippen molar-refractivity contribution in [3.63, 3.8) is 0 Å². The Morgan fingerprint density at radius 1 is 0.891 bits per heavy atom. The zero-order chi connectivity index (χ0) is 33.7. The van der Waals surface area contributed by atoms with E-state index in [9.17, 15) is 35.5 Å². The highest BCUT2D eigenvalue weighted by molar-refractivity contribution is 5.95. The Morgan fingerprint density at radius 2 is 1.52 bits per heavy atom. The maximum Gasteiger partial charge on any atom is 0.416 e. The molecule has 2 saturated heterocycles. The number of amides is 1. The first-order valence-corrected chi connectivity index (χ1v) is 14.7. The molecule has 0 aromatic heterocycles. The smallest absolute Gasteiger partial charge is 0.416 e. The van der Waals surface area contributed by atoms with Crippen LogP contribution in [0.25, 0.3) is 0 Å². The van der Waals surface area contributed by atoms with Crippen LogP contribution < -0.4 is 4.74 Å². The Balaban J connectivity index is 1.57. The fraction of sp³-hybridized carbons (Fsp3) is 0.581. The van der Waals surface area contributed by atoms with Crippen LogP contribution in [-0.4, -0.2) is 119 Å². The van der Waals surface area contributed by atoms with Gasteiger partial charge in [0, 0.05) is 71.6 Å². The van der Waals surface area contributed by atoms with Crippen LogP contribution in [0.1, 0.15) is 27.0 Å². The van der Waals surface area contributed by atoms with Crippen LogP contribution in [0.5, 0.6) is 5.75 Å². The number of hydrogen-bond donors (Lipinski definition) is 0. The molecule has 8 nitrogen and oxygen atoms in total. The van der Waals surface area contributed by atoms with Crippen molar-refractivity contribution >= 4 is 5.91 Å². The van der Waals surface area contributed by atoms with Crippen LogP contribution in [0.4, 0.5) is 30.7 Å². The molecule has 0 N–H and O–H groups in total. The number of carbonyl (C=O) groups excluding carboxylic acids is 1. The molecule has 2 aliphatic heterocycles. The van der Waals surface area contributed by atoms with Crippen LogP contribution in [-0.2, 0) is 33.0 Å². The van der Waals surface area contributed by atoms with Crippen molar-refractivity contribution < 1.29 is 54.5 Å². The number of halogens is 7. The van der Waals surface area contributed by atoms with Crippen LogP contribution in [0.15, 0.2) is 36.4 Å². The predicted octanol–water partition coefficient (Wildman–Crippen LogP) is 4.60. The molecule has 4 rings (SSSR count). The molecular weight excluding hydrogens is 627 g/mol. The number of rotatable bonds is 11. The molecular formula is C31H38F7N3O5. The number of piperazine rings is 1. The molecule has 0 bridgehead atoms. The molecule has 0 spiro atoms. The largest absolute Gasteiger partial charge is 0.494 e. The van der Waals surface area contributed by atoms with Gasteiger partial charge in [-0.1, -0.05) is 6.07 Å². The molecule has 1 amide bonds. The summed E-state index contributed by atoms with van der Waals surface area (Å²) >= 11 is 0. The van der Waals surface area contributed by atoms with E-state index in [0.717, 1.165) is 0 Å². The van der Waals surface area contributed by atoms with Crippen molar-refractivity contribution in [2.45, 2.75) is 30.4 Å². The van der Waals surface area contributed by atoms with E-state index in [-0.39, 0.29) is 31.3 Å². The van der Waals surface area contributed by atoms with Gasteiger partial charge in [0.25, 0.3) is 5.91 Å². The number of hydrogen-bond acceptors (Lipinski definition) is 7. The highest BCUT2D eigenvalue weighted by atomic mass is 19.4. The first-order valence-electron chi connectivity index (χ1n) is 14.7. The molecule has 1 unspecified atom stereocenters. The summed E-state index contributed by atoms with van der Waals surface area (Å²) in [5.74, 6) is -1.58. The van der Waals surface area contributed by atoms with E-state index in [1.54, 1.807) is 14.2 Å². The van der Waals surface area contributed by atoms with E-state index in [1.165, 1.54) is 30.2 Å². The third-order valence-corrected chi connectivity index (χ3v) is 8.22. The van der Waals surface area contributed by atoms with Gasteiger partial charge in [-0.2, -0.15) is 26.3 Å². The summed E-state index contributed by atoms with van der Waals surface area (Å²) in [6.07, 6.45) is -10.0. The monoisotopic (exact) mass is 665 g/mol. The van der Waals surface area contributed by atoms with Gasteiger partial charge in [0.2, 0.25) is 0 Å². The number of nitrogens with zero attached hydrogens (tertiary/aromatic N) is 3. The molecule has 2 aromatic carbocycles. The molecule has 2 aliphatic rings. The van der Waals surface area contributed by atoms with E-state index >= 15 is 0 Å². The van der Waals surface area contributed by atoms with Crippen LogP contribution >= 0.6 is 0 Å². The van der Waals surface area contributed by atoms with Crippen molar-refractivity contribution in [2.24, 2.45) is 0 Å². The molecule has 2 heterocycles. The Morgan fingerprint density at radius 3 is 2.11 bits per heavy atom. The average molecular weight is 666 g/mol. The van der Waals surface area contributed by atoms with Gasteiger partial charge in [0.1, 0.15) is 5.60 Å². The lowest BCUT2D eigenvalue weighted by Crippen LogP contribution is -2.59. The summed E-state index contributed by atoms with van der Waals surface area (Å²) < 4.78 is 117. The van der Waals surface area contributed by atoms with E-state index in [4.69, 9.17) is 18.9 Å². The zero-order valence-electron chi connectivity index (χ0n) is 25.8. The van der Waals surface area contributed by atoms with Gasteiger partial charge >= 0.3 is 12.4 Å². The lowest BCUT2D eigenvalue weighted by molar-refractivity contribution is -0.164. The fourth-order valence-electron chi connectivity index (χ4n) is 6.05. The van der Waals surface area contributed by atoms with Crippen molar-refractivity contribution in [3.05, 3.63) is 64.5 Å². The standard InChI is InChI=1S/C31H38F7N3O5/c1-43-19-29(20-44-2)18-40(10-11-46-29)7-6-39-8-9-41(25(17-39)12-21-4-5-26(32)27(13-21)45-3)28(42)22-14-23(30(33,34)35)16-24(15-22)31(36,37)38/h4-5,13-16,25H,6-12,17-20H2,1-3H3. The van der Waals surface area contributed by atoms with Crippen LogP contribution in [0, 0.1) is 5.82 Å². The SMILES string of the molecule is COCC1(COC)CN(CCN2CCN(C(=O)c3cc(C(F)(F)F)cc(C(F)(F)F)c3)C(Cc3ccc(F)c(OC)c3)C2)CCO1. The summed E-state index contributed by atoms with van der Waals surface area (Å²) in [4.78, 5) is 19.3. The molecule has 15 heteroatoms. The van der Waals surface area contributed by atoms with E-state index in [0.29, 0.717) is 70.2 Å². The molecule has 2 aromatic rings. The summed E-state index contributed by atoms with van der Waals surface area (Å²) in [6, 6.07) is 4.42. The summed E-state index contributed by atoms with van der Waals surface area (Å²) in [5, 5.41) is 0. The lowest BCUT2D eigenvalue weighted by atomic mass is 9.98. The molecule has 1 atom stereocenters. The number of morpholine rings is 1. The molecule has 46 heavy (non-hydrogen) atoms. The van der Waals surface area contributed by atoms with Gasteiger partial charge in [-0.3, -0.25) is 14.6 Å². The fourth-order valence-corrected chi connectivity index (χ4v) is 6.05.